The first-order chi connectivity index (χ1) is 15.8. The van der Waals surface area contributed by atoms with E-state index in [1.54, 1.807) is 0 Å². The highest BCUT2D eigenvalue weighted by atomic mass is 14.7. The van der Waals surface area contributed by atoms with Crippen molar-refractivity contribution in [2.24, 2.45) is 4.99 Å². The van der Waals surface area contributed by atoms with Crippen molar-refractivity contribution in [2.75, 3.05) is 0 Å². The minimum absolute atomic E-state index is 0.988. The monoisotopic (exact) mass is 415 g/mol. The fraction of sp³-hybridized carbons (Fsp3) is 0.129. The van der Waals surface area contributed by atoms with Gasteiger partial charge in [0.15, 0.2) is 0 Å². The van der Waals surface area contributed by atoms with Gasteiger partial charge in [-0.1, -0.05) is 97.1 Å². The van der Waals surface area contributed by atoms with Crippen molar-refractivity contribution in [3.8, 4) is 0 Å². The van der Waals surface area contributed by atoms with Gasteiger partial charge < -0.3 is 0 Å². The molecular formula is C31H29N. The molecule has 0 spiro atoms. The van der Waals surface area contributed by atoms with Gasteiger partial charge in [0.1, 0.15) is 0 Å². The number of benzene rings is 1. The standard InChI is InChI=1S/C31H29N/c1-3-4-14-24(2)27-17-7-5-6-8-18-28(30-20-11-10-19-29(27)30)25-16-13-22-32-31-21-12-9-15-26(31)23-25/h3-11,13-20,22-23H,12,21H2,1-2H3/b4-3-,6-5?,7-5?,8-6?,16-13-,17-7?,18-8?,22-13?,24-14+,25-16?,25-23+,26-23?,27-17?,28-18?,29-27?,30-28?,32-22+,32-31?. The van der Waals surface area contributed by atoms with Crippen LogP contribution in [0.2, 0.25) is 0 Å². The smallest absolute Gasteiger partial charge is 0.0479 e. The molecule has 4 rings (SSSR count). The van der Waals surface area contributed by atoms with Crippen LogP contribution in [0.3, 0.4) is 0 Å². The minimum atomic E-state index is 0.988. The van der Waals surface area contributed by atoms with E-state index in [-0.39, 0.29) is 0 Å². The molecule has 0 saturated carbocycles. The molecule has 1 aliphatic heterocycles. The van der Waals surface area contributed by atoms with Crippen LogP contribution < -0.4 is 0 Å². The second-order valence-electron chi connectivity index (χ2n) is 7.93. The van der Waals surface area contributed by atoms with Crippen LogP contribution in [0.5, 0.6) is 0 Å². The van der Waals surface area contributed by atoms with Gasteiger partial charge in [0.2, 0.25) is 0 Å². The molecule has 1 heteroatoms. The third-order valence-corrected chi connectivity index (χ3v) is 5.72. The van der Waals surface area contributed by atoms with Crippen LogP contribution in [0.4, 0.5) is 0 Å². The Morgan fingerprint density at radius 3 is 2.53 bits per heavy atom. The Morgan fingerprint density at radius 2 is 1.69 bits per heavy atom. The first-order valence-electron chi connectivity index (χ1n) is 11.3. The average Bonchev–Trinajstić information content (AvgIpc) is 2.81. The second kappa shape index (κ2) is 10.5. The molecule has 1 aliphatic carbocycles. The fourth-order valence-corrected chi connectivity index (χ4v) is 4.09. The third kappa shape index (κ3) is 4.95. The molecule has 0 bridgehead atoms. The SMILES string of the molecule is C/C=C\C=C(/C)c1ccccccc(C2=C/C3=C(CCC=C3)/N=C/C=C\2)c2ccccc12. The zero-order chi connectivity index (χ0) is 22.2. The molecule has 0 fully saturated rings. The van der Waals surface area contributed by atoms with E-state index >= 15 is 0 Å². The lowest BCUT2D eigenvalue weighted by Gasteiger charge is -2.14. The van der Waals surface area contributed by atoms with Gasteiger partial charge in [0.05, 0.1) is 0 Å². The highest BCUT2D eigenvalue weighted by Gasteiger charge is 2.10. The Bertz CT molecular complexity index is 1270. The van der Waals surface area contributed by atoms with Crippen LogP contribution in [-0.4, -0.2) is 6.21 Å². The molecule has 1 heterocycles. The molecule has 158 valence electrons. The maximum absolute atomic E-state index is 4.66. The lowest BCUT2D eigenvalue weighted by molar-refractivity contribution is 0.933. The molecule has 2 aromatic carbocycles. The van der Waals surface area contributed by atoms with Gasteiger partial charge in [-0.15, -0.1) is 0 Å². The van der Waals surface area contributed by atoms with Crippen molar-refractivity contribution in [3.05, 3.63) is 132 Å². The maximum atomic E-state index is 4.66. The number of nitrogens with zero attached hydrogens (tertiary/aromatic N) is 1. The quantitative estimate of drug-likeness (QED) is 0.445. The van der Waals surface area contributed by atoms with Crippen LogP contribution >= 0.6 is 0 Å². The summed E-state index contributed by atoms with van der Waals surface area (Å²) in [7, 11) is 0. The lowest BCUT2D eigenvalue weighted by Crippen LogP contribution is -1.95. The van der Waals surface area contributed by atoms with Crippen LogP contribution in [-0.2, 0) is 0 Å². The predicted octanol–water partition coefficient (Wildman–Crippen LogP) is 8.57. The summed E-state index contributed by atoms with van der Waals surface area (Å²) < 4.78 is 0. The fourth-order valence-electron chi connectivity index (χ4n) is 4.09. The molecule has 2 aliphatic rings. The zero-order valence-corrected chi connectivity index (χ0v) is 18.8. The second-order valence-corrected chi connectivity index (χ2v) is 7.93. The summed E-state index contributed by atoms with van der Waals surface area (Å²) in [6.45, 7) is 4.22. The predicted molar refractivity (Wildman–Crippen MR) is 141 cm³/mol. The third-order valence-electron chi connectivity index (χ3n) is 5.72. The molecule has 0 unspecified atom stereocenters. The zero-order valence-electron chi connectivity index (χ0n) is 18.8. The van der Waals surface area contributed by atoms with E-state index in [4.69, 9.17) is 0 Å². The molecule has 2 aromatic rings. The number of fused-ring (bicyclic) bond motifs is 1. The first-order valence-corrected chi connectivity index (χ1v) is 11.3. The van der Waals surface area contributed by atoms with Gasteiger partial charge in [0, 0.05) is 11.9 Å². The van der Waals surface area contributed by atoms with Gasteiger partial charge in [0.25, 0.3) is 0 Å². The summed E-state index contributed by atoms with van der Waals surface area (Å²) in [6, 6.07) is 21.5. The van der Waals surface area contributed by atoms with Crippen LogP contribution in [0, 0.1) is 0 Å². The van der Waals surface area contributed by atoms with Gasteiger partial charge >= 0.3 is 0 Å². The van der Waals surface area contributed by atoms with Gasteiger partial charge in [-0.05, 0) is 77.5 Å². The molecule has 0 saturated heterocycles. The van der Waals surface area contributed by atoms with E-state index in [1.165, 1.54) is 38.6 Å². The summed E-state index contributed by atoms with van der Waals surface area (Å²) in [5.74, 6) is 0. The van der Waals surface area contributed by atoms with Crippen molar-refractivity contribution in [3.63, 3.8) is 0 Å². The average molecular weight is 416 g/mol. The Kier molecular flexibility index (Phi) is 7.09. The van der Waals surface area contributed by atoms with E-state index in [0.29, 0.717) is 0 Å². The number of hydrogen-bond donors (Lipinski definition) is 0. The summed E-state index contributed by atoms with van der Waals surface area (Å²) in [4.78, 5) is 4.66. The molecule has 0 aromatic heterocycles. The summed E-state index contributed by atoms with van der Waals surface area (Å²) in [6.07, 6.45) is 21.2. The molecule has 0 N–H and O–H groups in total. The molecular weight excluding hydrogens is 386 g/mol. The Morgan fingerprint density at radius 1 is 0.906 bits per heavy atom. The number of allylic oxidation sites excluding steroid dienone is 12. The van der Waals surface area contributed by atoms with Gasteiger partial charge in [-0.2, -0.15) is 0 Å². The van der Waals surface area contributed by atoms with Crippen molar-refractivity contribution in [1.82, 2.24) is 0 Å². The minimum Gasteiger partial charge on any atom is -0.261 e. The normalized spacial score (nSPS) is 19.6. The van der Waals surface area contributed by atoms with E-state index in [1.807, 2.05) is 19.2 Å². The van der Waals surface area contributed by atoms with Gasteiger partial charge in [-0.3, -0.25) is 4.99 Å². The van der Waals surface area contributed by atoms with Crippen LogP contribution in [0.15, 0.2) is 126 Å². The van der Waals surface area contributed by atoms with E-state index in [9.17, 15) is 0 Å². The van der Waals surface area contributed by atoms with Crippen molar-refractivity contribution >= 4 is 28.1 Å². The Labute approximate surface area is 191 Å². The number of hydrogen-bond acceptors (Lipinski definition) is 1. The Balaban J connectivity index is 2.05. The number of rotatable bonds is 3. The topological polar surface area (TPSA) is 12.4 Å². The molecule has 0 amide bonds. The van der Waals surface area contributed by atoms with Crippen molar-refractivity contribution in [2.45, 2.75) is 26.7 Å². The van der Waals surface area contributed by atoms with Crippen LogP contribution in [0.1, 0.15) is 37.8 Å². The van der Waals surface area contributed by atoms with Gasteiger partial charge in [-0.25, -0.2) is 0 Å². The summed E-state index contributed by atoms with van der Waals surface area (Å²) in [5, 5.41) is 2.46. The van der Waals surface area contributed by atoms with Crippen LogP contribution in [0.25, 0.3) is 21.9 Å². The molecule has 32 heavy (non-hydrogen) atoms. The maximum Gasteiger partial charge on any atom is 0.0479 e. The van der Waals surface area contributed by atoms with E-state index in [0.717, 1.165) is 18.5 Å². The molecule has 0 radical (unpaired) electrons. The van der Waals surface area contributed by atoms with Crippen molar-refractivity contribution in [1.29, 1.82) is 0 Å². The highest BCUT2D eigenvalue weighted by molar-refractivity contribution is 6.01. The summed E-state index contributed by atoms with van der Waals surface area (Å²) >= 11 is 0. The van der Waals surface area contributed by atoms with E-state index < -0.39 is 0 Å². The van der Waals surface area contributed by atoms with E-state index in [2.05, 4.69) is 115 Å². The number of aliphatic imine (C=N–C) groups is 1. The highest BCUT2D eigenvalue weighted by Crippen LogP contribution is 2.32. The Hall–Kier alpha value is -3.71. The molecule has 1 nitrogen and oxygen atoms in total. The summed E-state index contributed by atoms with van der Waals surface area (Å²) in [5.41, 5.74) is 7.21. The van der Waals surface area contributed by atoms with Crippen molar-refractivity contribution < 1.29 is 0 Å². The first kappa shape index (κ1) is 21.5. The largest absolute Gasteiger partial charge is 0.261 e. The molecule has 0 atom stereocenters. The lowest BCUT2D eigenvalue weighted by atomic mass is 9.92.